The monoisotopic (exact) mass is 349 g/mol. The number of hydrogen-bond donors (Lipinski definition) is 0. The van der Waals surface area contributed by atoms with E-state index >= 15 is 0 Å². The number of carbonyl (C=O) groups excluding carboxylic acids is 1. The lowest BCUT2D eigenvalue weighted by Crippen LogP contribution is -2.21. The number of carbonyl (C=O) groups is 1. The summed E-state index contributed by atoms with van der Waals surface area (Å²) in [6.07, 6.45) is 2.86. The third kappa shape index (κ3) is 3.67. The zero-order chi connectivity index (χ0) is 18.7. The summed E-state index contributed by atoms with van der Waals surface area (Å²) >= 11 is 0. The second-order valence-corrected chi connectivity index (χ2v) is 6.51. The first-order chi connectivity index (χ1) is 12.5. The lowest BCUT2D eigenvalue weighted by atomic mass is 10.00. The van der Waals surface area contributed by atoms with Crippen LogP contribution in [0.5, 0.6) is 5.88 Å². The zero-order valence-electron chi connectivity index (χ0n) is 15.6. The van der Waals surface area contributed by atoms with Gasteiger partial charge in [0.05, 0.1) is 18.3 Å². The molecule has 2 heterocycles. The summed E-state index contributed by atoms with van der Waals surface area (Å²) in [7, 11) is 5.16. The van der Waals surface area contributed by atoms with E-state index in [-0.39, 0.29) is 5.91 Å². The molecule has 0 saturated carbocycles. The first kappa shape index (κ1) is 17.9. The van der Waals surface area contributed by atoms with Gasteiger partial charge in [-0.25, -0.2) is 9.97 Å². The molecule has 0 N–H and O–H groups in total. The van der Waals surface area contributed by atoms with Crippen LogP contribution in [0.25, 0.3) is 22.2 Å². The van der Waals surface area contributed by atoms with Gasteiger partial charge in [-0.3, -0.25) is 4.79 Å². The number of nitrogens with zero attached hydrogens (tertiary/aromatic N) is 3. The standard InChI is InChI=1S/C21H23N3O2/c1-14-12-18(16-10-11-22-19(13-16)26-4)23-21-15(6-5-7-17(14)21)8-9-20(25)24(2)3/h5-7,10-13H,8-9H2,1-4H3. The predicted molar refractivity (Wildman–Crippen MR) is 103 cm³/mol. The molecule has 0 atom stereocenters. The molecule has 0 spiro atoms. The Labute approximate surface area is 153 Å². The van der Waals surface area contributed by atoms with Gasteiger partial charge < -0.3 is 9.64 Å². The fraction of sp³-hybridized carbons (Fsp3) is 0.286. The lowest BCUT2D eigenvalue weighted by molar-refractivity contribution is -0.128. The maximum atomic E-state index is 12.0. The van der Waals surface area contributed by atoms with Crippen molar-refractivity contribution in [3.63, 3.8) is 0 Å². The number of ether oxygens (including phenoxy) is 1. The third-order valence-electron chi connectivity index (χ3n) is 4.48. The van der Waals surface area contributed by atoms with Crippen LogP contribution in [0, 0.1) is 6.92 Å². The minimum atomic E-state index is 0.119. The molecule has 1 amide bonds. The molecule has 3 rings (SSSR count). The highest BCUT2D eigenvalue weighted by molar-refractivity contribution is 5.88. The second kappa shape index (κ2) is 7.52. The van der Waals surface area contributed by atoms with Crippen molar-refractivity contribution in [1.82, 2.24) is 14.9 Å². The highest BCUT2D eigenvalue weighted by Gasteiger charge is 2.11. The maximum Gasteiger partial charge on any atom is 0.222 e. The number of para-hydroxylation sites is 1. The van der Waals surface area contributed by atoms with Crippen LogP contribution < -0.4 is 4.74 Å². The number of amides is 1. The Bertz CT molecular complexity index is 951. The van der Waals surface area contributed by atoms with Gasteiger partial charge in [-0.15, -0.1) is 0 Å². The number of aryl methyl sites for hydroxylation is 2. The molecule has 1 aromatic carbocycles. The van der Waals surface area contributed by atoms with Crippen molar-refractivity contribution in [2.75, 3.05) is 21.2 Å². The van der Waals surface area contributed by atoms with Crippen molar-refractivity contribution in [2.24, 2.45) is 0 Å². The van der Waals surface area contributed by atoms with Crippen LogP contribution >= 0.6 is 0 Å². The van der Waals surface area contributed by atoms with Crippen LogP contribution in [0.15, 0.2) is 42.6 Å². The van der Waals surface area contributed by atoms with Crippen molar-refractivity contribution < 1.29 is 9.53 Å². The van der Waals surface area contributed by atoms with E-state index in [4.69, 9.17) is 9.72 Å². The molecule has 3 aromatic rings. The van der Waals surface area contributed by atoms with Gasteiger partial charge in [0, 0.05) is 43.7 Å². The molecule has 0 bridgehead atoms. The Morgan fingerprint density at radius 1 is 1.19 bits per heavy atom. The van der Waals surface area contributed by atoms with E-state index in [0.29, 0.717) is 18.7 Å². The van der Waals surface area contributed by atoms with Gasteiger partial charge in [-0.1, -0.05) is 18.2 Å². The lowest BCUT2D eigenvalue weighted by Gasteiger charge is -2.13. The van der Waals surface area contributed by atoms with Crippen LogP contribution in [0.2, 0.25) is 0 Å². The summed E-state index contributed by atoms with van der Waals surface area (Å²) in [4.78, 5) is 22.6. The molecular formula is C21H23N3O2. The first-order valence-corrected chi connectivity index (χ1v) is 8.59. The quantitative estimate of drug-likeness (QED) is 0.706. The van der Waals surface area contributed by atoms with Crippen LogP contribution in [-0.4, -0.2) is 42.0 Å². The molecular weight excluding hydrogens is 326 g/mol. The van der Waals surface area contributed by atoms with Gasteiger partial charge in [-0.05, 0) is 36.6 Å². The van der Waals surface area contributed by atoms with E-state index in [1.54, 1.807) is 32.3 Å². The first-order valence-electron chi connectivity index (χ1n) is 8.59. The Morgan fingerprint density at radius 3 is 2.73 bits per heavy atom. The fourth-order valence-electron chi connectivity index (χ4n) is 2.97. The molecule has 5 nitrogen and oxygen atoms in total. The second-order valence-electron chi connectivity index (χ2n) is 6.51. The Balaban J connectivity index is 2.05. The van der Waals surface area contributed by atoms with Crippen LogP contribution in [0.4, 0.5) is 0 Å². The summed E-state index contributed by atoms with van der Waals surface area (Å²) in [5.41, 5.74) is 5.03. The summed E-state index contributed by atoms with van der Waals surface area (Å²) in [6.45, 7) is 2.08. The van der Waals surface area contributed by atoms with Crippen molar-refractivity contribution >= 4 is 16.8 Å². The van der Waals surface area contributed by atoms with Crippen LogP contribution in [0.3, 0.4) is 0 Å². The predicted octanol–water partition coefficient (Wildman–Crippen LogP) is 3.63. The maximum absolute atomic E-state index is 12.0. The molecule has 0 aliphatic carbocycles. The number of methoxy groups -OCH3 is 1. The number of rotatable bonds is 5. The summed E-state index contributed by atoms with van der Waals surface area (Å²) in [5.74, 6) is 0.681. The van der Waals surface area contributed by atoms with E-state index in [0.717, 1.165) is 33.3 Å². The summed E-state index contributed by atoms with van der Waals surface area (Å²) in [6, 6.07) is 12.0. The number of fused-ring (bicyclic) bond motifs is 1. The number of aromatic nitrogens is 2. The van der Waals surface area contributed by atoms with E-state index in [2.05, 4.69) is 30.1 Å². The molecule has 0 unspecified atom stereocenters. The Kier molecular flexibility index (Phi) is 5.16. The summed E-state index contributed by atoms with van der Waals surface area (Å²) < 4.78 is 5.22. The van der Waals surface area contributed by atoms with E-state index in [1.807, 2.05) is 18.2 Å². The molecule has 0 saturated heterocycles. The van der Waals surface area contributed by atoms with Gasteiger partial charge in [0.2, 0.25) is 11.8 Å². The van der Waals surface area contributed by atoms with Crippen LogP contribution in [0.1, 0.15) is 17.5 Å². The topological polar surface area (TPSA) is 55.3 Å². The molecule has 0 fully saturated rings. The van der Waals surface area contributed by atoms with Crippen molar-refractivity contribution in [2.45, 2.75) is 19.8 Å². The fourth-order valence-corrected chi connectivity index (χ4v) is 2.97. The van der Waals surface area contributed by atoms with E-state index in [1.165, 1.54) is 0 Å². The molecule has 0 radical (unpaired) electrons. The largest absolute Gasteiger partial charge is 0.481 e. The smallest absolute Gasteiger partial charge is 0.222 e. The molecule has 0 aliphatic heterocycles. The van der Waals surface area contributed by atoms with Gasteiger partial charge in [0.15, 0.2) is 0 Å². The van der Waals surface area contributed by atoms with Crippen molar-refractivity contribution in [3.05, 3.63) is 53.7 Å². The van der Waals surface area contributed by atoms with Crippen molar-refractivity contribution in [3.8, 4) is 17.1 Å². The Morgan fingerprint density at radius 2 is 2.00 bits per heavy atom. The number of benzene rings is 1. The molecule has 5 heteroatoms. The molecule has 26 heavy (non-hydrogen) atoms. The van der Waals surface area contributed by atoms with Crippen molar-refractivity contribution in [1.29, 1.82) is 0 Å². The Hall–Kier alpha value is -2.95. The third-order valence-corrected chi connectivity index (χ3v) is 4.48. The average molecular weight is 349 g/mol. The highest BCUT2D eigenvalue weighted by atomic mass is 16.5. The SMILES string of the molecule is COc1cc(-c2cc(C)c3cccc(CCC(=O)N(C)C)c3n2)ccn1. The molecule has 0 aliphatic rings. The number of pyridine rings is 2. The zero-order valence-corrected chi connectivity index (χ0v) is 15.6. The normalized spacial score (nSPS) is 10.8. The highest BCUT2D eigenvalue weighted by Crippen LogP contribution is 2.28. The van der Waals surface area contributed by atoms with Gasteiger partial charge in [0.1, 0.15) is 0 Å². The van der Waals surface area contributed by atoms with Gasteiger partial charge in [-0.2, -0.15) is 0 Å². The van der Waals surface area contributed by atoms with Crippen LogP contribution in [-0.2, 0) is 11.2 Å². The van der Waals surface area contributed by atoms with Gasteiger partial charge in [0.25, 0.3) is 0 Å². The minimum Gasteiger partial charge on any atom is -0.481 e. The van der Waals surface area contributed by atoms with E-state index in [9.17, 15) is 4.79 Å². The number of hydrogen-bond acceptors (Lipinski definition) is 4. The molecule has 2 aromatic heterocycles. The summed E-state index contributed by atoms with van der Waals surface area (Å²) in [5, 5.41) is 1.12. The molecule has 134 valence electrons. The van der Waals surface area contributed by atoms with Gasteiger partial charge >= 0.3 is 0 Å². The average Bonchev–Trinajstić information content (AvgIpc) is 2.66. The van der Waals surface area contributed by atoms with E-state index < -0.39 is 0 Å². The minimum absolute atomic E-state index is 0.119.